The van der Waals surface area contributed by atoms with E-state index in [0.29, 0.717) is 16.9 Å². The molecular weight excluding hydrogens is 358 g/mol. The van der Waals surface area contributed by atoms with Gasteiger partial charge >= 0.3 is 0 Å². The average Bonchev–Trinajstić information content (AvgIpc) is 3.34. The molecule has 0 saturated carbocycles. The summed E-state index contributed by atoms with van der Waals surface area (Å²) < 4.78 is 5.56. The molecule has 2 aliphatic rings. The second kappa shape index (κ2) is 7.55. The molecule has 2 aliphatic heterocycles. The summed E-state index contributed by atoms with van der Waals surface area (Å²) >= 11 is 5.77. The molecule has 2 N–H and O–H groups in total. The predicted molar refractivity (Wildman–Crippen MR) is 94.9 cm³/mol. The molecule has 0 bridgehead atoms. The maximum atomic E-state index is 12.5. The van der Waals surface area contributed by atoms with Gasteiger partial charge in [-0.3, -0.25) is 15.2 Å². The number of H-pyrrole nitrogens is 1. The Morgan fingerprint density at radius 1 is 1.27 bits per heavy atom. The van der Waals surface area contributed by atoms with E-state index in [2.05, 4.69) is 35.6 Å². The lowest BCUT2D eigenvalue weighted by Crippen LogP contribution is -2.38. The number of hydrogen-bond acceptors (Lipinski definition) is 7. The van der Waals surface area contributed by atoms with Gasteiger partial charge < -0.3 is 9.64 Å². The SMILES string of the molecule is O=C(Nc1n[nH]c(C2CCCO2)n1)C1CCN(c2ccc(Cl)nn2)CC1. The van der Waals surface area contributed by atoms with E-state index >= 15 is 0 Å². The lowest BCUT2D eigenvalue weighted by Gasteiger charge is -2.31. The average molecular weight is 378 g/mol. The van der Waals surface area contributed by atoms with Gasteiger partial charge in [-0.05, 0) is 37.8 Å². The molecule has 4 rings (SSSR count). The summed E-state index contributed by atoms with van der Waals surface area (Å²) in [5, 5.41) is 18.1. The molecule has 0 radical (unpaired) electrons. The van der Waals surface area contributed by atoms with Crippen LogP contribution in [0.1, 0.15) is 37.6 Å². The molecule has 138 valence electrons. The zero-order valence-corrected chi connectivity index (χ0v) is 14.9. The number of aromatic amines is 1. The van der Waals surface area contributed by atoms with E-state index in [4.69, 9.17) is 16.3 Å². The van der Waals surface area contributed by atoms with E-state index < -0.39 is 0 Å². The van der Waals surface area contributed by atoms with Crippen molar-refractivity contribution in [3.63, 3.8) is 0 Å². The van der Waals surface area contributed by atoms with Crippen LogP contribution in [-0.2, 0) is 9.53 Å². The summed E-state index contributed by atoms with van der Waals surface area (Å²) in [4.78, 5) is 18.9. The van der Waals surface area contributed by atoms with Crippen molar-refractivity contribution < 1.29 is 9.53 Å². The maximum absolute atomic E-state index is 12.5. The molecule has 2 saturated heterocycles. The third-order valence-electron chi connectivity index (χ3n) is 4.78. The lowest BCUT2D eigenvalue weighted by atomic mass is 9.96. The topological polar surface area (TPSA) is 109 Å². The maximum Gasteiger partial charge on any atom is 0.248 e. The summed E-state index contributed by atoms with van der Waals surface area (Å²) in [6.07, 6.45) is 3.37. The number of nitrogens with one attached hydrogen (secondary N) is 2. The van der Waals surface area contributed by atoms with Crippen molar-refractivity contribution in [2.75, 3.05) is 29.9 Å². The normalized spacial score (nSPS) is 21.1. The largest absolute Gasteiger partial charge is 0.370 e. The fourth-order valence-electron chi connectivity index (χ4n) is 3.33. The highest BCUT2D eigenvalue weighted by Gasteiger charge is 2.27. The molecule has 2 aromatic heterocycles. The van der Waals surface area contributed by atoms with Gasteiger partial charge in [0.15, 0.2) is 16.8 Å². The number of piperidine rings is 1. The fraction of sp³-hybridized carbons (Fsp3) is 0.562. The van der Waals surface area contributed by atoms with Crippen molar-refractivity contribution in [1.29, 1.82) is 0 Å². The van der Waals surface area contributed by atoms with Gasteiger partial charge in [-0.25, -0.2) is 0 Å². The van der Waals surface area contributed by atoms with E-state index in [9.17, 15) is 4.79 Å². The number of nitrogens with zero attached hydrogens (tertiary/aromatic N) is 5. The second-order valence-corrected chi connectivity index (χ2v) is 6.90. The van der Waals surface area contributed by atoms with Gasteiger partial charge in [0.05, 0.1) is 0 Å². The Balaban J connectivity index is 1.30. The molecule has 0 spiro atoms. The van der Waals surface area contributed by atoms with Crippen LogP contribution in [0.15, 0.2) is 12.1 Å². The summed E-state index contributed by atoms with van der Waals surface area (Å²) in [5.41, 5.74) is 0. The number of amides is 1. The Morgan fingerprint density at radius 2 is 2.12 bits per heavy atom. The van der Waals surface area contributed by atoms with Crippen LogP contribution in [0.2, 0.25) is 5.15 Å². The van der Waals surface area contributed by atoms with Gasteiger partial charge in [-0.2, -0.15) is 4.98 Å². The Morgan fingerprint density at radius 3 is 2.81 bits per heavy atom. The van der Waals surface area contributed by atoms with E-state index in [-0.39, 0.29) is 17.9 Å². The molecule has 2 fully saturated rings. The minimum atomic E-state index is -0.0730. The first-order chi connectivity index (χ1) is 12.7. The number of anilines is 2. The summed E-state index contributed by atoms with van der Waals surface area (Å²) in [6.45, 7) is 2.22. The molecule has 0 aromatic carbocycles. The van der Waals surface area contributed by atoms with Crippen LogP contribution in [0.3, 0.4) is 0 Å². The molecular formula is C16H20ClN7O2. The summed E-state index contributed by atoms with van der Waals surface area (Å²) in [5.74, 6) is 1.64. The number of rotatable bonds is 4. The van der Waals surface area contributed by atoms with E-state index in [1.54, 1.807) is 6.07 Å². The van der Waals surface area contributed by atoms with E-state index in [0.717, 1.165) is 51.2 Å². The molecule has 0 aliphatic carbocycles. The van der Waals surface area contributed by atoms with Crippen molar-refractivity contribution in [2.45, 2.75) is 31.8 Å². The number of ether oxygens (including phenoxy) is 1. The van der Waals surface area contributed by atoms with Crippen molar-refractivity contribution in [3.8, 4) is 0 Å². The van der Waals surface area contributed by atoms with Crippen molar-refractivity contribution in [1.82, 2.24) is 25.4 Å². The lowest BCUT2D eigenvalue weighted by molar-refractivity contribution is -0.120. The molecule has 2 aromatic rings. The monoisotopic (exact) mass is 377 g/mol. The highest BCUT2D eigenvalue weighted by molar-refractivity contribution is 6.29. The quantitative estimate of drug-likeness (QED) is 0.838. The Bertz CT molecular complexity index is 752. The van der Waals surface area contributed by atoms with E-state index in [1.165, 1.54) is 0 Å². The van der Waals surface area contributed by atoms with Crippen molar-refractivity contribution >= 4 is 29.3 Å². The third kappa shape index (κ3) is 3.78. The Kier molecular flexibility index (Phi) is 4.98. The smallest absolute Gasteiger partial charge is 0.248 e. The standard InChI is InChI=1S/C16H20ClN7O2/c17-12-3-4-13(21-20-12)24-7-5-10(6-8-24)15(25)19-16-18-14(22-23-16)11-2-1-9-26-11/h3-4,10-11H,1-2,5-9H2,(H2,18,19,22,23,25). The van der Waals surface area contributed by atoms with Gasteiger partial charge in [-0.15, -0.1) is 15.3 Å². The number of carbonyl (C=O) groups is 1. The van der Waals surface area contributed by atoms with Crippen molar-refractivity contribution in [3.05, 3.63) is 23.1 Å². The van der Waals surface area contributed by atoms with Gasteiger partial charge in [0.1, 0.15) is 6.10 Å². The molecule has 26 heavy (non-hydrogen) atoms. The van der Waals surface area contributed by atoms with Crippen LogP contribution in [-0.4, -0.2) is 51.0 Å². The van der Waals surface area contributed by atoms with Gasteiger partial charge in [0, 0.05) is 25.6 Å². The molecule has 1 atom stereocenters. The molecule has 1 amide bonds. The number of halogens is 1. The van der Waals surface area contributed by atoms with Crippen LogP contribution in [0.25, 0.3) is 0 Å². The number of carbonyl (C=O) groups excluding carboxylic acids is 1. The highest BCUT2D eigenvalue weighted by Crippen LogP contribution is 2.27. The third-order valence-corrected chi connectivity index (χ3v) is 4.98. The van der Waals surface area contributed by atoms with Crippen molar-refractivity contribution in [2.24, 2.45) is 5.92 Å². The van der Waals surface area contributed by atoms with Crippen LogP contribution in [0, 0.1) is 5.92 Å². The molecule has 9 nitrogen and oxygen atoms in total. The van der Waals surface area contributed by atoms with Gasteiger partial charge in [0.25, 0.3) is 0 Å². The number of aromatic nitrogens is 5. The van der Waals surface area contributed by atoms with E-state index in [1.807, 2.05) is 6.07 Å². The second-order valence-electron chi connectivity index (χ2n) is 6.51. The molecule has 4 heterocycles. The molecule has 10 heteroatoms. The zero-order valence-electron chi connectivity index (χ0n) is 14.2. The minimum Gasteiger partial charge on any atom is -0.370 e. The minimum absolute atomic E-state index is 0.0446. The first-order valence-electron chi connectivity index (χ1n) is 8.78. The molecule has 1 unspecified atom stereocenters. The number of hydrogen-bond donors (Lipinski definition) is 2. The Labute approximate surface area is 155 Å². The Hall–Kier alpha value is -2.26. The van der Waals surface area contributed by atoms with Crippen LogP contribution < -0.4 is 10.2 Å². The fourth-order valence-corrected chi connectivity index (χ4v) is 3.43. The summed E-state index contributed by atoms with van der Waals surface area (Å²) in [6, 6.07) is 3.56. The first kappa shape index (κ1) is 17.2. The van der Waals surface area contributed by atoms with Crippen LogP contribution >= 0.6 is 11.6 Å². The first-order valence-corrected chi connectivity index (χ1v) is 9.16. The van der Waals surface area contributed by atoms with Crippen LogP contribution in [0.5, 0.6) is 0 Å². The summed E-state index contributed by atoms with van der Waals surface area (Å²) in [7, 11) is 0. The van der Waals surface area contributed by atoms with Crippen LogP contribution in [0.4, 0.5) is 11.8 Å². The van der Waals surface area contributed by atoms with Gasteiger partial charge in [0.2, 0.25) is 11.9 Å². The predicted octanol–water partition coefficient (Wildman–Crippen LogP) is 1.95. The highest BCUT2D eigenvalue weighted by atomic mass is 35.5. The zero-order chi connectivity index (χ0) is 17.9. The van der Waals surface area contributed by atoms with Gasteiger partial charge in [-0.1, -0.05) is 11.6 Å².